The smallest absolute Gasteiger partial charge is 0.429 e. The van der Waals surface area contributed by atoms with E-state index in [2.05, 4.69) is 11.7 Å². The first-order valence-corrected chi connectivity index (χ1v) is 14.2. The summed E-state index contributed by atoms with van der Waals surface area (Å²) in [6.45, 7) is 3.42. The molecule has 0 unspecified atom stereocenters. The highest BCUT2D eigenvalue weighted by atomic mass is 19.3. The van der Waals surface area contributed by atoms with Crippen LogP contribution in [0, 0.1) is 35.0 Å². The van der Waals surface area contributed by atoms with Gasteiger partial charge in [-0.3, -0.25) is 0 Å². The zero-order valence-electron chi connectivity index (χ0n) is 23.7. The number of rotatable bonds is 10. The molecule has 4 aromatic carbocycles. The maximum atomic E-state index is 15.2. The summed E-state index contributed by atoms with van der Waals surface area (Å²) in [6.07, 6.45) is -0.276. The summed E-state index contributed by atoms with van der Waals surface area (Å²) in [6, 6.07) is 14.4. The summed E-state index contributed by atoms with van der Waals surface area (Å²) >= 11 is 0. The van der Waals surface area contributed by atoms with Gasteiger partial charge in [0.05, 0.1) is 18.8 Å². The van der Waals surface area contributed by atoms with Crippen LogP contribution in [0.1, 0.15) is 50.0 Å². The van der Waals surface area contributed by atoms with Crippen LogP contribution < -0.4 is 4.74 Å². The van der Waals surface area contributed by atoms with Crippen LogP contribution in [0.4, 0.5) is 30.7 Å². The molecule has 3 nitrogen and oxygen atoms in total. The highest BCUT2D eigenvalue weighted by Gasteiger charge is 2.38. The number of halogens is 7. The van der Waals surface area contributed by atoms with Gasteiger partial charge in [-0.25, -0.2) is 22.0 Å². The first-order valence-electron chi connectivity index (χ1n) is 14.2. The van der Waals surface area contributed by atoms with E-state index in [1.807, 2.05) is 12.1 Å². The fraction of sp³-hybridized carbons (Fsp3) is 0.294. The number of unbranched alkanes of at least 4 members (excludes halogenated alkanes) is 2. The second-order valence-corrected chi connectivity index (χ2v) is 10.7. The zero-order valence-corrected chi connectivity index (χ0v) is 23.7. The Balaban J connectivity index is 1.26. The summed E-state index contributed by atoms with van der Waals surface area (Å²) in [5.74, 6) is -8.20. The van der Waals surface area contributed by atoms with Gasteiger partial charge >= 0.3 is 6.11 Å². The number of alkyl halides is 2. The van der Waals surface area contributed by atoms with Crippen LogP contribution in [0.2, 0.25) is 0 Å². The third-order valence-corrected chi connectivity index (χ3v) is 7.46. The first-order chi connectivity index (χ1) is 21.1. The number of ether oxygens (including phenoxy) is 3. The molecule has 0 spiro atoms. The molecule has 0 atom stereocenters. The predicted octanol–water partition coefficient (Wildman–Crippen LogP) is 10.1. The molecule has 0 bridgehead atoms. The molecule has 1 saturated heterocycles. The molecule has 0 N–H and O–H groups in total. The molecule has 1 fully saturated rings. The van der Waals surface area contributed by atoms with E-state index in [9.17, 15) is 26.3 Å². The van der Waals surface area contributed by atoms with Crippen molar-refractivity contribution in [2.24, 2.45) is 5.92 Å². The predicted molar refractivity (Wildman–Crippen MR) is 150 cm³/mol. The largest absolute Gasteiger partial charge is 0.429 e. The van der Waals surface area contributed by atoms with Crippen molar-refractivity contribution in [1.29, 1.82) is 0 Å². The van der Waals surface area contributed by atoms with E-state index in [0.29, 0.717) is 42.4 Å². The van der Waals surface area contributed by atoms with Crippen LogP contribution >= 0.6 is 0 Å². The van der Waals surface area contributed by atoms with Gasteiger partial charge in [0.2, 0.25) is 0 Å². The van der Waals surface area contributed by atoms with Crippen molar-refractivity contribution in [3.05, 3.63) is 113 Å². The Labute approximate surface area is 250 Å². The van der Waals surface area contributed by atoms with Gasteiger partial charge in [-0.1, -0.05) is 68.7 Å². The van der Waals surface area contributed by atoms with Gasteiger partial charge in [0.15, 0.2) is 23.7 Å². The number of hydrogen-bond acceptors (Lipinski definition) is 3. The molecule has 10 heteroatoms. The third kappa shape index (κ3) is 7.08. The summed E-state index contributed by atoms with van der Waals surface area (Å²) < 4.78 is 115. The van der Waals surface area contributed by atoms with E-state index in [0.717, 1.165) is 30.9 Å². The van der Waals surface area contributed by atoms with E-state index in [-0.39, 0.29) is 23.3 Å². The van der Waals surface area contributed by atoms with Gasteiger partial charge in [0, 0.05) is 29.2 Å². The molecule has 1 aliphatic rings. The topological polar surface area (TPSA) is 27.7 Å². The Morgan fingerprint density at radius 3 is 1.93 bits per heavy atom. The van der Waals surface area contributed by atoms with Crippen LogP contribution in [0.15, 0.2) is 72.8 Å². The normalized spacial score (nSPS) is 17.1. The molecule has 0 aliphatic carbocycles. The Bertz CT molecular complexity index is 1580. The van der Waals surface area contributed by atoms with Crippen LogP contribution in [0.3, 0.4) is 0 Å². The molecule has 1 heterocycles. The standard InChI is InChI=1S/C34H29F7O3/c1-2-3-4-5-20-18-42-33(43-19-20)22-8-6-21(7-9-22)23-10-12-26(28(35)14-23)24-11-13-27(29(36)15-24)34(40,41)44-25-16-30(37)32(39)31(38)17-25/h6-17,20,33H,2-5,18-19H2,1H3. The molecule has 0 aromatic heterocycles. The van der Waals surface area contributed by atoms with Crippen LogP contribution in [0.5, 0.6) is 5.75 Å². The lowest BCUT2D eigenvalue weighted by molar-refractivity contribution is -0.206. The van der Waals surface area contributed by atoms with Gasteiger partial charge in [-0.2, -0.15) is 8.78 Å². The quantitative estimate of drug-likeness (QED) is 0.101. The highest BCUT2D eigenvalue weighted by molar-refractivity contribution is 5.71. The lowest BCUT2D eigenvalue weighted by Crippen LogP contribution is -2.27. The summed E-state index contributed by atoms with van der Waals surface area (Å²) in [4.78, 5) is 0. The minimum Gasteiger partial charge on any atom is -0.429 e. The van der Waals surface area contributed by atoms with Gasteiger partial charge < -0.3 is 14.2 Å². The summed E-state index contributed by atoms with van der Waals surface area (Å²) in [5.41, 5.74) is 0.750. The molecule has 232 valence electrons. The van der Waals surface area contributed by atoms with Crippen LogP contribution in [-0.4, -0.2) is 13.2 Å². The first kappa shape index (κ1) is 31.5. The molecule has 0 saturated carbocycles. The van der Waals surface area contributed by atoms with E-state index in [4.69, 9.17) is 9.47 Å². The SMILES string of the molecule is CCCCCC1COC(c2ccc(-c3ccc(-c4ccc(C(F)(F)Oc5cc(F)c(F)c(F)c5)c(F)c4)c(F)c3)cc2)OC1. The number of benzene rings is 4. The van der Waals surface area contributed by atoms with Crippen molar-refractivity contribution in [1.82, 2.24) is 0 Å². The fourth-order valence-corrected chi connectivity index (χ4v) is 5.06. The van der Waals surface area contributed by atoms with Gasteiger partial charge in [0.1, 0.15) is 17.4 Å². The lowest BCUT2D eigenvalue weighted by atomic mass is 9.97. The Kier molecular flexibility index (Phi) is 9.60. The monoisotopic (exact) mass is 618 g/mol. The molecule has 0 amide bonds. The van der Waals surface area contributed by atoms with Gasteiger partial charge in [-0.15, -0.1) is 0 Å². The molecular formula is C34H29F7O3. The van der Waals surface area contributed by atoms with Crippen molar-refractivity contribution in [2.75, 3.05) is 13.2 Å². The zero-order chi connectivity index (χ0) is 31.4. The van der Waals surface area contributed by atoms with Crippen molar-refractivity contribution in [3.8, 4) is 28.0 Å². The maximum Gasteiger partial charge on any atom is 0.429 e. The van der Waals surface area contributed by atoms with Crippen molar-refractivity contribution in [2.45, 2.75) is 45.0 Å². The third-order valence-electron chi connectivity index (χ3n) is 7.46. The molecule has 5 rings (SSSR count). The van der Waals surface area contributed by atoms with Crippen molar-refractivity contribution < 1.29 is 44.9 Å². The van der Waals surface area contributed by atoms with Gasteiger partial charge in [-0.05, 0) is 41.3 Å². The Morgan fingerprint density at radius 1 is 0.705 bits per heavy atom. The Hall–Kier alpha value is -3.89. The van der Waals surface area contributed by atoms with E-state index in [1.54, 1.807) is 18.2 Å². The van der Waals surface area contributed by atoms with E-state index >= 15 is 4.39 Å². The molecule has 44 heavy (non-hydrogen) atoms. The second kappa shape index (κ2) is 13.4. The molecule has 1 aliphatic heterocycles. The van der Waals surface area contributed by atoms with Crippen LogP contribution in [-0.2, 0) is 15.6 Å². The summed E-state index contributed by atoms with van der Waals surface area (Å²) in [7, 11) is 0. The van der Waals surface area contributed by atoms with Gasteiger partial charge in [0.25, 0.3) is 0 Å². The van der Waals surface area contributed by atoms with E-state index in [1.165, 1.54) is 18.6 Å². The number of hydrogen-bond donors (Lipinski definition) is 0. The fourth-order valence-electron chi connectivity index (χ4n) is 5.06. The maximum absolute atomic E-state index is 15.2. The average Bonchev–Trinajstić information content (AvgIpc) is 3.00. The minimum atomic E-state index is -4.38. The van der Waals surface area contributed by atoms with Crippen molar-refractivity contribution in [3.63, 3.8) is 0 Å². The second-order valence-electron chi connectivity index (χ2n) is 10.7. The molecule has 0 radical (unpaired) electrons. The van der Waals surface area contributed by atoms with E-state index < -0.39 is 52.8 Å². The van der Waals surface area contributed by atoms with Crippen molar-refractivity contribution >= 4 is 0 Å². The minimum absolute atomic E-state index is 0.0279. The highest BCUT2D eigenvalue weighted by Crippen LogP contribution is 2.37. The molecule has 4 aromatic rings. The van der Waals surface area contributed by atoms with Crippen LogP contribution in [0.25, 0.3) is 22.3 Å². The average molecular weight is 619 g/mol. The lowest BCUT2D eigenvalue weighted by Gasteiger charge is -2.29. The molecular weight excluding hydrogens is 589 g/mol. The Morgan fingerprint density at radius 2 is 1.32 bits per heavy atom. The summed E-state index contributed by atoms with van der Waals surface area (Å²) in [5, 5.41) is 0.